The standard InChI is InChI=1S/C11H21NO6S/c1-6-8-9(3)10(13)18-12(4,5)11(14,7-2)19(15,16)17/h8,14H,6-7H2,1-5H3/p+1. The van der Waals surface area contributed by atoms with Gasteiger partial charge in [0.25, 0.3) is 0 Å². The summed E-state index contributed by atoms with van der Waals surface area (Å²) in [6.07, 6.45) is 1.88. The van der Waals surface area contributed by atoms with Crippen LogP contribution in [0.25, 0.3) is 0 Å². The number of allylic oxidation sites excluding steroid dienone is 1. The van der Waals surface area contributed by atoms with Crippen LogP contribution in [0.3, 0.4) is 0 Å². The number of hydrogen-bond acceptors (Lipinski definition) is 5. The van der Waals surface area contributed by atoms with Crippen LogP contribution in [0, 0.1) is 0 Å². The summed E-state index contributed by atoms with van der Waals surface area (Å²) < 4.78 is 30.7. The van der Waals surface area contributed by atoms with Gasteiger partial charge in [0.15, 0.2) is 0 Å². The van der Waals surface area contributed by atoms with Crippen molar-refractivity contribution >= 4 is 16.1 Å². The van der Waals surface area contributed by atoms with E-state index in [9.17, 15) is 18.3 Å². The van der Waals surface area contributed by atoms with E-state index in [1.165, 1.54) is 27.9 Å². The lowest BCUT2D eigenvalue weighted by molar-refractivity contribution is -1.10. The number of nitrogens with zero attached hydrogens (tertiary/aromatic N) is 1. The smallest absolute Gasteiger partial charge is 0.325 e. The minimum Gasteiger partial charge on any atom is -0.325 e. The second-order valence-corrected chi connectivity index (χ2v) is 6.20. The van der Waals surface area contributed by atoms with E-state index in [1.54, 1.807) is 6.08 Å². The van der Waals surface area contributed by atoms with Crippen molar-refractivity contribution in [1.82, 2.24) is 0 Å². The minimum atomic E-state index is -4.82. The molecule has 0 saturated heterocycles. The number of carbonyl (C=O) groups is 1. The minimum absolute atomic E-state index is 0.294. The third-order valence-electron chi connectivity index (χ3n) is 2.86. The van der Waals surface area contributed by atoms with E-state index in [1.807, 2.05) is 6.92 Å². The number of hydroxylamine groups is 3. The van der Waals surface area contributed by atoms with Crippen LogP contribution in [0.4, 0.5) is 0 Å². The molecule has 0 aliphatic carbocycles. The van der Waals surface area contributed by atoms with Crippen molar-refractivity contribution in [2.45, 2.75) is 38.7 Å². The first kappa shape index (κ1) is 18.0. The van der Waals surface area contributed by atoms with E-state index in [0.717, 1.165) is 0 Å². The topological polar surface area (TPSA) is 101 Å². The molecule has 0 rings (SSSR count). The first-order valence-electron chi connectivity index (χ1n) is 5.87. The van der Waals surface area contributed by atoms with Gasteiger partial charge in [0.05, 0.1) is 0 Å². The average Bonchev–Trinajstić information content (AvgIpc) is 2.25. The maximum atomic E-state index is 11.7. The molecule has 1 atom stereocenters. The monoisotopic (exact) mass is 296 g/mol. The third kappa shape index (κ3) is 3.75. The summed E-state index contributed by atoms with van der Waals surface area (Å²) in [5.74, 6) is -0.762. The van der Waals surface area contributed by atoms with Gasteiger partial charge in [0, 0.05) is 12.0 Å². The van der Waals surface area contributed by atoms with Gasteiger partial charge in [0.2, 0.25) is 0 Å². The van der Waals surface area contributed by atoms with Crippen molar-refractivity contribution in [3.8, 4) is 0 Å². The zero-order valence-corrected chi connectivity index (χ0v) is 12.7. The van der Waals surface area contributed by atoms with Gasteiger partial charge in [-0.05, 0) is 13.3 Å². The van der Waals surface area contributed by atoms with E-state index >= 15 is 0 Å². The Morgan fingerprint density at radius 2 is 1.84 bits per heavy atom. The van der Waals surface area contributed by atoms with Gasteiger partial charge >= 0.3 is 21.1 Å². The number of carbonyl (C=O) groups excluding carboxylic acids is 1. The summed E-state index contributed by atoms with van der Waals surface area (Å²) >= 11 is 0. The molecule has 2 N–H and O–H groups in total. The number of hydrogen-bond donors (Lipinski definition) is 2. The maximum Gasteiger partial charge on any atom is 0.392 e. The molecule has 112 valence electrons. The predicted octanol–water partition coefficient (Wildman–Crippen LogP) is 0.821. The highest BCUT2D eigenvalue weighted by molar-refractivity contribution is 7.86. The zero-order valence-electron chi connectivity index (χ0n) is 11.9. The summed E-state index contributed by atoms with van der Waals surface area (Å²) in [6, 6.07) is 0. The van der Waals surface area contributed by atoms with Crippen LogP contribution < -0.4 is 0 Å². The first-order chi connectivity index (χ1) is 8.43. The van der Waals surface area contributed by atoms with Gasteiger partial charge in [-0.2, -0.15) is 8.42 Å². The van der Waals surface area contributed by atoms with Crippen molar-refractivity contribution in [3.63, 3.8) is 0 Å². The predicted molar refractivity (Wildman–Crippen MR) is 69.0 cm³/mol. The molecule has 0 fully saturated rings. The highest BCUT2D eigenvalue weighted by atomic mass is 32.2. The molecule has 0 saturated carbocycles. The molecule has 0 aromatic rings. The SMILES string of the molecule is CCC=C(C)C(=O)O[N+](C)(C)C(O)(CC)S(=O)(=O)O. The Morgan fingerprint density at radius 3 is 2.16 bits per heavy atom. The van der Waals surface area contributed by atoms with Crippen molar-refractivity contribution in [3.05, 3.63) is 11.6 Å². The van der Waals surface area contributed by atoms with Crippen LogP contribution in [0.1, 0.15) is 33.6 Å². The normalized spacial score (nSPS) is 16.9. The highest BCUT2D eigenvalue weighted by Crippen LogP contribution is 2.28. The van der Waals surface area contributed by atoms with Crippen molar-refractivity contribution in [2.75, 3.05) is 14.1 Å². The Bertz CT molecular complexity index is 468. The quantitative estimate of drug-likeness (QED) is 0.247. The molecule has 8 heteroatoms. The molecule has 0 radical (unpaired) electrons. The van der Waals surface area contributed by atoms with Crippen molar-refractivity contribution < 1.29 is 32.4 Å². The Balaban J connectivity index is 5.40. The van der Waals surface area contributed by atoms with Gasteiger partial charge in [-0.3, -0.25) is 9.39 Å². The van der Waals surface area contributed by atoms with Crippen LogP contribution in [0.5, 0.6) is 0 Å². The summed E-state index contributed by atoms with van der Waals surface area (Å²) in [4.78, 5) is 16.7. The van der Waals surface area contributed by atoms with E-state index in [0.29, 0.717) is 12.0 Å². The molecule has 19 heavy (non-hydrogen) atoms. The van der Waals surface area contributed by atoms with E-state index in [-0.39, 0.29) is 6.42 Å². The molecular formula is C11H22NO6S+. The Hall–Kier alpha value is -0.960. The van der Waals surface area contributed by atoms with Crippen LogP contribution in [-0.2, 0) is 19.8 Å². The highest BCUT2D eigenvalue weighted by Gasteiger charge is 2.57. The molecule has 0 aliphatic heterocycles. The fourth-order valence-corrected chi connectivity index (χ4v) is 2.54. The fraction of sp³-hybridized carbons (Fsp3) is 0.727. The lowest BCUT2D eigenvalue weighted by atomic mass is 10.2. The van der Waals surface area contributed by atoms with Gasteiger partial charge < -0.3 is 5.11 Å². The number of rotatable bonds is 6. The Kier molecular flexibility index (Phi) is 5.69. The Labute approximate surface area is 113 Å². The van der Waals surface area contributed by atoms with Gasteiger partial charge in [-0.15, -0.1) is 0 Å². The molecule has 0 spiro atoms. The molecule has 0 bridgehead atoms. The summed E-state index contributed by atoms with van der Waals surface area (Å²) in [6.45, 7) is 4.71. The van der Waals surface area contributed by atoms with E-state index in [2.05, 4.69) is 0 Å². The molecular weight excluding hydrogens is 274 g/mol. The van der Waals surface area contributed by atoms with Crippen LogP contribution in [0.2, 0.25) is 0 Å². The van der Waals surface area contributed by atoms with Gasteiger partial charge in [-0.25, -0.2) is 4.79 Å². The van der Waals surface area contributed by atoms with Crippen molar-refractivity contribution in [2.24, 2.45) is 0 Å². The number of aliphatic hydroxyl groups is 1. The molecule has 0 amide bonds. The van der Waals surface area contributed by atoms with Crippen molar-refractivity contribution in [1.29, 1.82) is 0 Å². The van der Waals surface area contributed by atoms with Gasteiger partial charge in [-0.1, -0.05) is 24.6 Å². The van der Waals surface area contributed by atoms with E-state index < -0.39 is 25.8 Å². The average molecular weight is 296 g/mol. The maximum absolute atomic E-state index is 11.7. The second-order valence-electron chi connectivity index (χ2n) is 4.60. The lowest BCUT2D eigenvalue weighted by Gasteiger charge is -2.37. The van der Waals surface area contributed by atoms with Crippen LogP contribution >= 0.6 is 0 Å². The third-order valence-corrected chi connectivity index (χ3v) is 4.41. The Morgan fingerprint density at radius 1 is 1.37 bits per heavy atom. The molecule has 1 unspecified atom stereocenters. The van der Waals surface area contributed by atoms with Crippen LogP contribution in [0.15, 0.2) is 11.6 Å². The van der Waals surface area contributed by atoms with E-state index in [4.69, 9.17) is 9.39 Å². The molecule has 0 heterocycles. The zero-order chi connectivity index (χ0) is 15.5. The largest absolute Gasteiger partial charge is 0.392 e. The molecule has 0 aliphatic rings. The summed E-state index contributed by atoms with van der Waals surface area (Å²) in [5, 5.41) is 7.47. The number of quaternary nitrogens is 1. The van der Waals surface area contributed by atoms with Crippen LogP contribution in [-0.4, -0.2) is 47.8 Å². The summed E-state index contributed by atoms with van der Waals surface area (Å²) in [7, 11) is -2.47. The molecule has 0 aromatic carbocycles. The summed E-state index contributed by atoms with van der Waals surface area (Å²) in [5.41, 5.74) is 0.294. The molecule has 7 nitrogen and oxygen atoms in total. The molecule has 0 aromatic heterocycles. The first-order valence-corrected chi connectivity index (χ1v) is 7.31. The fourth-order valence-electron chi connectivity index (χ4n) is 1.58. The lowest BCUT2D eigenvalue weighted by Crippen LogP contribution is -2.64. The second kappa shape index (κ2) is 6.00. The van der Waals surface area contributed by atoms with Gasteiger partial charge in [0.1, 0.15) is 14.1 Å².